The van der Waals surface area contributed by atoms with Crippen molar-refractivity contribution < 1.29 is 0 Å². The Morgan fingerprint density at radius 1 is 1.18 bits per heavy atom. The van der Waals surface area contributed by atoms with Gasteiger partial charge in [-0.25, -0.2) is 0 Å². The van der Waals surface area contributed by atoms with E-state index in [1.807, 2.05) is 0 Å². The van der Waals surface area contributed by atoms with Crippen molar-refractivity contribution in [2.24, 2.45) is 5.92 Å². The summed E-state index contributed by atoms with van der Waals surface area (Å²) in [5.74, 6) is 0.904. The second kappa shape index (κ2) is 4.66. The molecule has 1 aromatic carbocycles. The summed E-state index contributed by atoms with van der Waals surface area (Å²) < 4.78 is 0. The zero-order valence-corrected chi connectivity index (χ0v) is 10.6. The molecule has 0 saturated carbocycles. The summed E-state index contributed by atoms with van der Waals surface area (Å²) in [6.45, 7) is 1.28. The summed E-state index contributed by atoms with van der Waals surface area (Å²) in [7, 11) is 2.30. The Morgan fingerprint density at radius 3 is 2.82 bits per heavy atom. The third-order valence-corrected chi connectivity index (χ3v) is 4.44. The van der Waals surface area contributed by atoms with E-state index in [1.54, 1.807) is 5.57 Å². The fraction of sp³-hybridized carbons (Fsp3) is 0.500. The molecule has 1 heterocycles. The van der Waals surface area contributed by atoms with E-state index in [4.69, 9.17) is 0 Å². The van der Waals surface area contributed by atoms with Gasteiger partial charge in [0.2, 0.25) is 0 Å². The lowest BCUT2D eigenvalue weighted by molar-refractivity contribution is 0.121. The summed E-state index contributed by atoms with van der Waals surface area (Å²) >= 11 is 0. The molecule has 0 amide bonds. The molecule has 2 atom stereocenters. The fourth-order valence-electron chi connectivity index (χ4n) is 3.41. The Labute approximate surface area is 104 Å². The van der Waals surface area contributed by atoms with E-state index in [1.165, 1.54) is 37.8 Å². The molecule has 0 radical (unpaired) electrons. The highest BCUT2D eigenvalue weighted by atomic mass is 15.1. The lowest BCUT2D eigenvalue weighted by Crippen LogP contribution is -2.43. The van der Waals surface area contributed by atoms with E-state index >= 15 is 0 Å². The minimum absolute atomic E-state index is 0.781. The minimum Gasteiger partial charge on any atom is -0.303 e. The van der Waals surface area contributed by atoms with Crippen molar-refractivity contribution in [3.63, 3.8) is 0 Å². The zero-order valence-electron chi connectivity index (χ0n) is 10.6. The van der Waals surface area contributed by atoms with Crippen LogP contribution >= 0.6 is 0 Å². The molecule has 1 saturated heterocycles. The third kappa shape index (κ3) is 2.16. The Morgan fingerprint density at radius 2 is 2.00 bits per heavy atom. The van der Waals surface area contributed by atoms with Crippen LogP contribution in [0.4, 0.5) is 0 Å². The molecule has 1 aliphatic heterocycles. The molecule has 0 bridgehead atoms. The lowest BCUT2D eigenvalue weighted by atomic mass is 9.77. The van der Waals surface area contributed by atoms with Gasteiger partial charge in [0.05, 0.1) is 0 Å². The van der Waals surface area contributed by atoms with Gasteiger partial charge in [0, 0.05) is 6.04 Å². The molecule has 2 unspecified atom stereocenters. The maximum Gasteiger partial charge on any atom is 0.0164 e. The average molecular weight is 227 g/mol. The molecule has 0 N–H and O–H groups in total. The van der Waals surface area contributed by atoms with Crippen molar-refractivity contribution in [1.82, 2.24) is 4.90 Å². The van der Waals surface area contributed by atoms with Gasteiger partial charge in [-0.1, -0.05) is 36.4 Å². The molecule has 17 heavy (non-hydrogen) atoms. The fourth-order valence-corrected chi connectivity index (χ4v) is 3.41. The van der Waals surface area contributed by atoms with Gasteiger partial charge in [-0.2, -0.15) is 0 Å². The van der Waals surface area contributed by atoms with E-state index < -0.39 is 0 Å². The van der Waals surface area contributed by atoms with Gasteiger partial charge < -0.3 is 4.90 Å². The first-order valence-corrected chi connectivity index (χ1v) is 6.79. The topological polar surface area (TPSA) is 3.24 Å². The summed E-state index contributed by atoms with van der Waals surface area (Å²) in [5, 5.41) is 0. The third-order valence-electron chi connectivity index (χ3n) is 4.44. The van der Waals surface area contributed by atoms with Crippen molar-refractivity contribution in [2.45, 2.75) is 31.7 Å². The molecule has 0 aromatic heterocycles. The number of fused-ring (bicyclic) bond motifs is 1. The molecule has 1 heteroatoms. The Bertz CT molecular complexity index is 407. The maximum absolute atomic E-state index is 2.57. The van der Waals surface area contributed by atoms with Crippen molar-refractivity contribution >= 4 is 5.57 Å². The summed E-state index contributed by atoms with van der Waals surface area (Å²) in [6, 6.07) is 11.7. The number of hydrogen-bond acceptors (Lipinski definition) is 1. The molecule has 1 aromatic rings. The summed E-state index contributed by atoms with van der Waals surface area (Å²) in [4.78, 5) is 2.57. The second-order valence-electron chi connectivity index (χ2n) is 5.49. The van der Waals surface area contributed by atoms with E-state index in [0.29, 0.717) is 0 Å². The first kappa shape index (κ1) is 11.0. The second-order valence-corrected chi connectivity index (χ2v) is 5.49. The number of hydrogen-bond donors (Lipinski definition) is 0. The van der Waals surface area contributed by atoms with Gasteiger partial charge in [-0.15, -0.1) is 0 Å². The van der Waals surface area contributed by atoms with Crippen LogP contribution < -0.4 is 0 Å². The van der Waals surface area contributed by atoms with Crippen molar-refractivity contribution in [2.75, 3.05) is 13.6 Å². The number of rotatable bonds is 1. The van der Waals surface area contributed by atoms with E-state index in [-0.39, 0.29) is 0 Å². The van der Waals surface area contributed by atoms with Gasteiger partial charge >= 0.3 is 0 Å². The highest BCUT2D eigenvalue weighted by molar-refractivity contribution is 5.66. The molecule has 1 fully saturated rings. The summed E-state index contributed by atoms with van der Waals surface area (Å²) in [5.41, 5.74) is 2.98. The first-order chi connectivity index (χ1) is 8.34. The predicted octanol–water partition coefficient (Wildman–Crippen LogP) is 3.57. The molecule has 3 rings (SSSR count). The zero-order chi connectivity index (χ0) is 11.7. The average Bonchev–Trinajstić information content (AvgIpc) is 2.40. The van der Waals surface area contributed by atoms with E-state index in [2.05, 4.69) is 48.4 Å². The van der Waals surface area contributed by atoms with Gasteiger partial charge in [0.15, 0.2) is 0 Å². The molecule has 1 nitrogen and oxygen atoms in total. The smallest absolute Gasteiger partial charge is 0.0164 e. The van der Waals surface area contributed by atoms with E-state index in [0.717, 1.165) is 12.0 Å². The van der Waals surface area contributed by atoms with Crippen LogP contribution in [0.5, 0.6) is 0 Å². The number of benzene rings is 1. The number of nitrogens with zero attached hydrogens (tertiary/aromatic N) is 1. The van der Waals surface area contributed by atoms with Crippen LogP contribution in [-0.2, 0) is 0 Å². The standard InChI is InChI=1S/C16H21N/c1-17-11-5-8-14-9-10-15(12-16(14)17)13-6-3-2-4-7-13/h2-4,6-7,10,14,16H,5,8-9,11-12H2,1H3. The highest BCUT2D eigenvalue weighted by Crippen LogP contribution is 2.37. The molecule has 0 spiro atoms. The van der Waals surface area contributed by atoms with Crippen LogP contribution in [0.2, 0.25) is 0 Å². The Balaban J connectivity index is 1.83. The Hall–Kier alpha value is -1.08. The number of allylic oxidation sites excluding steroid dienone is 1. The monoisotopic (exact) mass is 227 g/mol. The van der Waals surface area contributed by atoms with Crippen LogP contribution in [-0.4, -0.2) is 24.5 Å². The molecule has 1 aliphatic carbocycles. The molecular weight excluding hydrogens is 206 g/mol. The normalized spacial score (nSPS) is 29.6. The quantitative estimate of drug-likeness (QED) is 0.709. The lowest BCUT2D eigenvalue weighted by Gasteiger charge is -2.42. The molecule has 90 valence electrons. The molecular formula is C16H21N. The van der Waals surface area contributed by atoms with Crippen LogP contribution in [0.1, 0.15) is 31.2 Å². The van der Waals surface area contributed by atoms with Gasteiger partial charge in [-0.05, 0) is 56.3 Å². The Kier molecular flexibility index (Phi) is 3.02. The van der Waals surface area contributed by atoms with Gasteiger partial charge in [-0.3, -0.25) is 0 Å². The molecule has 2 aliphatic rings. The largest absolute Gasteiger partial charge is 0.303 e. The summed E-state index contributed by atoms with van der Waals surface area (Å²) in [6.07, 6.45) is 7.81. The van der Waals surface area contributed by atoms with Crippen molar-refractivity contribution in [1.29, 1.82) is 0 Å². The van der Waals surface area contributed by atoms with Crippen LogP contribution in [0.25, 0.3) is 5.57 Å². The van der Waals surface area contributed by atoms with Crippen molar-refractivity contribution in [3.05, 3.63) is 42.0 Å². The van der Waals surface area contributed by atoms with Crippen molar-refractivity contribution in [3.8, 4) is 0 Å². The predicted molar refractivity (Wildman–Crippen MR) is 72.8 cm³/mol. The van der Waals surface area contributed by atoms with Gasteiger partial charge in [0.25, 0.3) is 0 Å². The number of likely N-dealkylation sites (tertiary alicyclic amines) is 1. The van der Waals surface area contributed by atoms with E-state index in [9.17, 15) is 0 Å². The SMILES string of the molecule is CN1CCCC2CC=C(c3ccccc3)CC21. The van der Waals surface area contributed by atoms with Gasteiger partial charge in [0.1, 0.15) is 0 Å². The van der Waals surface area contributed by atoms with Crippen LogP contribution in [0.15, 0.2) is 36.4 Å². The first-order valence-electron chi connectivity index (χ1n) is 6.79. The number of piperidine rings is 1. The minimum atomic E-state index is 0.781. The van der Waals surface area contributed by atoms with Crippen LogP contribution in [0, 0.1) is 5.92 Å². The highest BCUT2D eigenvalue weighted by Gasteiger charge is 2.31. The van der Waals surface area contributed by atoms with Crippen LogP contribution in [0.3, 0.4) is 0 Å². The maximum atomic E-state index is 2.57.